The van der Waals surface area contributed by atoms with E-state index in [-0.39, 0.29) is 0 Å². The predicted octanol–water partition coefficient (Wildman–Crippen LogP) is 3.12. The van der Waals surface area contributed by atoms with Gasteiger partial charge in [-0.2, -0.15) is 10.4 Å². The third-order valence-corrected chi connectivity index (χ3v) is 3.59. The third kappa shape index (κ3) is 2.24. The summed E-state index contributed by atoms with van der Waals surface area (Å²) in [7, 11) is 1.84. The van der Waals surface area contributed by atoms with Crippen molar-refractivity contribution in [3.05, 3.63) is 40.7 Å². The number of nitrogens with zero attached hydrogens (tertiary/aromatic N) is 5. The first-order chi connectivity index (χ1) is 10.1. The van der Waals surface area contributed by atoms with Gasteiger partial charge in [-0.25, -0.2) is 9.97 Å². The topological polar surface area (TPSA) is 67.4 Å². The van der Waals surface area contributed by atoms with E-state index < -0.39 is 0 Å². The Bertz CT molecular complexity index is 858. The first-order valence-corrected chi connectivity index (χ1v) is 6.91. The van der Waals surface area contributed by atoms with Crippen molar-refractivity contribution in [1.82, 2.24) is 19.7 Å². The van der Waals surface area contributed by atoms with Crippen molar-refractivity contribution in [2.45, 2.75) is 13.3 Å². The van der Waals surface area contributed by atoms with E-state index in [0.29, 0.717) is 22.2 Å². The molecule has 2 aromatic heterocycles. The van der Waals surface area contributed by atoms with E-state index in [1.54, 1.807) is 16.8 Å². The lowest BCUT2D eigenvalue weighted by Gasteiger charge is -2.03. The van der Waals surface area contributed by atoms with Crippen LogP contribution >= 0.6 is 11.6 Å². The summed E-state index contributed by atoms with van der Waals surface area (Å²) in [6.45, 7) is 2.02. The minimum Gasteiger partial charge on any atom is -0.250 e. The zero-order valence-corrected chi connectivity index (χ0v) is 12.4. The summed E-state index contributed by atoms with van der Waals surface area (Å²) >= 11 is 6.31. The highest BCUT2D eigenvalue weighted by atomic mass is 35.5. The minimum absolute atomic E-state index is 0.407. The van der Waals surface area contributed by atoms with Crippen molar-refractivity contribution >= 4 is 22.6 Å². The largest absolute Gasteiger partial charge is 0.250 e. The number of aryl methyl sites for hydroxylation is 2. The normalized spacial score (nSPS) is 10.8. The maximum atomic E-state index is 8.84. The van der Waals surface area contributed by atoms with Gasteiger partial charge < -0.3 is 0 Å². The monoisotopic (exact) mass is 297 g/mol. The van der Waals surface area contributed by atoms with E-state index in [1.807, 2.05) is 26.1 Å². The van der Waals surface area contributed by atoms with Crippen LogP contribution in [-0.4, -0.2) is 19.7 Å². The Balaban J connectivity index is 2.20. The number of aromatic nitrogens is 4. The van der Waals surface area contributed by atoms with Crippen LogP contribution in [0, 0.1) is 11.3 Å². The Morgan fingerprint density at radius 1 is 1.24 bits per heavy atom. The summed E-state index contributed by atoms with van der Waals surface area (Å²) in [6.07, 6.45) is 0.774. The van der Waals surface area contributed by atoms with Crippen molar-refractivity contribution < 1.29 is 0 Å². The van der Waals surface area contributed by atoms with E-state index in [1.165, 1.54) is 0 Å². The molecule has 0 aliphatic heterocycles. The molecule has 104 valence electrons. The highest BCUT2D eigenvalue weighted by Crippen LogP contribution is 2.27. The molecule has 3 rings (SSSR count). The molecule has 5 nitrogen and oxygen atoms in total. The number of fused-ring (bicyclic) bond motifs is 1. The fourth-order valence-corrected chi connectivity index (χ4v) is 2.53. The molecule has 0 atom stereocenters. The third-order valence-electron chi connectivity index (χ3n) is 3.32. The molecule has 0 radical (unpaired) electrons. The van der Waals surface area contributed by atoms with Gasteiger partial charge in [-0.3, -0.25) is 4.68 Å². The Morgan fingerprint density at radius 2 is 1.95 bits per heavy atom. The van der Waals surface area contributed by atoms with Crippen LogP contribution in [0.25, 0.3) is 22.4 Å². The zero-order chi connectivity index (χ0) is 15.0. The SMILES string of the molecule is CCc1nn(C)c2nc(-c3ccc(C#N)cc3)nc(Cl)c12. The molecular formula is C15H12ClN5. The molecule has 0 saturated heterocycles. The molecule has 3 aromatic rings. The second kappa shape index (κ2) is 5.15. The van der Waals surface area contributed by atoms with Crippen LogP contribution in [0.5, 0.6) is 0 Å². The van der Waals surface area contributed by atoms with Crippen molar-refractivity contribution in [1.29, 1.82) is 5.26 Å². The first kappa shape index (κ1) is 13.5. The number of benzene rings is 1. The summed E-state index contributed by atoms with van der Waals surface area (Å²) in [5.41, 5.74) is 3.02. The zero-order valence-electron chi connectivity index (χ0n) is 11.6. The van der Waals surface area contributed by atoms with Crippen LogP contribution in [0.15, 0.2) is 24.3 Å². The summed E-state index contributed by atoms with van der Waals surface area (Å²) in [5, 5.41) is 14.5. The van der Waals surface area contributed by atoms with Crippen molar-refractivity contribution in [3.8, 4) is 17.5 Å². The lowest BCUT2D eigenvalue weighted by Crippen LogP contribution is -1.96. The van der Waals surface area contributed by atoms with Crippen LogP contribution in [0.2, 0.25) is 5.15 Å². The predicted molar refractivity (Wildman–Crippen MR) is 80.8 cm³/mol. The number of hydrogen-bond donors (Lipinski definition) is 0. The number of nitriles is 1. The number of hydrogen-bond acceptors (Lipinski definition) is 4. The summed E-state index contributed by atoms with van der Waals surface area (Å²) in [6, 6.07) is 9.18. The molecule has 0 amide bonds. The van der Waals surface area contributed by atoms with Gasteiger partial charge in [0.25, 0.3) is 0 Å². The molecule has 0 bridgehead atoms. The Labute approximate surface area is 126 Å². The van der Waals surface area contributed by atoms with Crippen molar-refractivity contribution in [2.75, 3.05) is 0 Å². The van der Waals surface area contributed by atoms with E-state index in [2.05, 4.69) is 21.1 Å². The van der Waals surface area contributed by atoms with Gasteiger partial charge >= 0.3 is 0 Å². The lowest BCUT2D eigenvalue weighted by atomic mass is 10.1. The van der Waals surface area contributed by atoms with E-state index in [0.717, 1.165) is 23.1 Å². The van der Waals surface area contributed by atoms with Crippen LogP contribution in [0.1, 0.15) is 18.2 Å². The second-order valence-corrected chi connectivity index (χ2v) is 5.01. The molecule has 21 heavy (non-hydrogen) atoms. The summed E-state index contributed by atoms with van der Waals surface area (Å²) < 4.78 is 1.72. The minimum atomic E-state index is 0.407. The van der Waals surface area contributed by atoms with Gasteiger partial charge in [-0.1, -0.05) is 18.5 Å². The molecule has 0 unspecified atom stereocenters. The molecule has 2 heterocycles. The van der Waals surface area contributed by atoms with Crippen molar-refractivity contribution in [3.63, 3.8) is 0 Å². The molecule has 0 aliphatic carbocycles. The molecule has 0 fully saturated rings. The molecule has 0 saturated carbocycles. The van der Waals surface area contributed by atoms with Gasteiger partial charge in [-0.15, -0.1) is 0 Å². The average Bonchev–Trinajstić information content (AvgIpc) is 2.84. The molecule has 0 aliphatic rings. The fourth-order valence-electron chi connectivity index (χ4n) is 2.25. The molecule has 6 heteroatoms. The number of halogens is 1. The smallest absolute Gasteiger partial charge is 0.163 e. The van der Waals surface area contributed by atoms with Crippen LogP contribution in [0.4, 0.5) is 0 Å². The maximum absolute atomic E-state index is 8.84. The van der Waals surface area contributed by atoms with Gasteiger partial charge in [0.2, 0.25) is 0 Å². The molecule has 0 N–H and O–H groups in total. The average molecular weight is 298 g/mol. The van der Waals surface area contributed by atoms with Crippen LogP contribution in [0.3, 0.4) is 0 Å². The highest BCUT2D eigenvalue weighted by molar-refractivity contribution is 6.34. The second-order valence-electron chi connectivity index (χ2n) is 4.65. The Kier molecular flexibility index (Phi) is 3.32. The fraction of sp³-hybridized carbons (Fsp3) is 0.200. The van der Waals surface area contributed by atoms with E-state index in [4.69, 9.17) is 16.9 Å². The molecular weight excluding hydrogens is 286 g/mol. The molecule has 0 spiro atoms. The highest BCUT2D eigenvalue weighted by Gasteiger charge is 2.15. The Morgan fingerprint density at radius 3 is 2.57 bits per heavy atom. The first-order valence-electron chi connectivity index (χ1n) is 6.53. The van der Waals surface area contributed by atoms with Gasteiger partial charge in [0, 0.05) is 12.6 Å². The van der Waals surface area contributed by atoms with Gasteiger partial charge in [0.15, 0.2) is 11.5 Å². The van der Waals surface area contributed by atoms with E-state index >= 15 is 0 Å². The standard InChI is InChI=1S/C15H12ClN5/c1-3-11-12-13(16)18-14(19-15(12)21(2)20-11)10-6-4-9(8-17)5-7-10/h4-7H,3H2,1-2H3. The number of rotatable bonds is 2. The quantitative estimate of drug-likeness (QED) is 0.682. The lowest BCUT2D eigenvalue weighted by molar-refractivity contribution is 0.761. The van der Waals surface area contributed by atoms with Gasteiger partial charge in [0.1, 0.15) is 5.15 Å². The Hall–Kier alpha value is -2.45. The van der Waals surface area contributed by atoms with Crippen molar-refractivity contribution in [2.24, 2.45) is 7.05 Å². The van der Waals surface area contributed by atoms with Crippen LogP contribution in [-0.2, 0) is 13.5 Å². The van der Waals surface area contributed by atoms with E-state index in [9.17, 15) is 0 Å². The van der Waals surface area contributed by atoms with Crippen LogP contribution < -0.4 is 0 Å². The molecule has 1 aromatic carbocycles. The summed E-state index contributed by atoms with van der Waals surface area (Å²) in [4.78, 5) is 8.92. The van der Waals surface area contributed by atoms with Gasteiger partial charge in [0.05, 0.1) is 22.7 Å². The summed E-state index contributed by atoms with van der Waals surface area (Å²) in [5.74, 6) is 0.530. The maximum Gasteiger partial charge on any atom is 0.163 e. The van der Waals surface area contributed by atoms with Gasteiger partial charge in [-0.05, 0) is 30.7 Å².